The summed E-state index contributed by atoms with van der Waals surface area (Å²) in [6, 6.07) is 7.15. The highest BCUT2D eigenvalue weighted by Gasteiger charge is 2.22. The fraction of sp³-hybridized carbons (Fsp3) is 0.500. The molecule has 2 unspecified atom stereocenters. The molecule has 0 saturated carbocycles. The van der Waals surface area contributed by atoms with Crippen molar-refractivity contribution < 1.29 is 10.2 Å². The molecule has 88 valence electrons. The standard InChI is InChI=1S/C12H16O2S2/c13-10-3-1-2-9(6-10)7-11(14)12-8-15-4-5-16-12/h1-3,6,11-14H,4-5,7-8H2. The number of aliphatic hydroxyl groups is 1. The fourth-order valence-corrected chi connectivity index (χ4v) is 4.56. The summed E-state index contributed by atoms with van der Waals surface area (Å²) in [5, 5.41) is 19.8. The Morgan fingerprint density at radius 1 is 1.38 bits per heavy atom. The van der Waals surface area contributed by atoms with Crippen molar-refractivity contribution in [3.05, 3.63) is 29.8 Å². The second kappa shape index (κ2) is 5.84. The Morgan fingerprint density at radius 2 is 2.25 bits per heavy atom. The Hall–Kier alpha value is -0.320. The first-order valence-corrected chi connectivity index (χ1v) is 7.61. The molecule has 2 N–H and O–H groups in total. The lowest BCUT2D eigenvalue weighted by Gasteiger charge is -2.25. The normalized spacial score (nSPS) is 22.9. The van der Waals surface area contributed by atoms with E-state index in [2.05, 4.69) is 0 Å². The van der Waals surface area contributed by atoms with E-state index in [1.807, 2.05) is 35.7 Å². The molecule has 0 bridgehead atoms. The fourth-order valence-electron chi connectivity index (χ4n) is 1.78. The van der Waals surface area contributed by atoms with E-state index >= 15 is 0 Å². The van der Waals surface area contributed by atoms with Crippen LogP contribution in [0.25, 0.3) is 0 Å². The monoisotopic (exact) mass is 256 g/mol. The van der Waals surface area contributed by atoms with Gasteiger partial charge in [-0.3, -0.25) is 0 Å². The van der Waals surface area contributed by atoms with Crippen molar-refractivity contribution >= 4 is 23.5 Å². The van der Waals surface area contributed by atoms with E-state index in [0.717, 1.165) is 17.1 Å². The van der Waals surface area contributed by atoms with Gasteiger partial charge >= 0.3 is 0 Å². The van der Waals surface area contributed by atoms with Gasteiger partial charge in [0.2, 0.25) is 0 Å². The molecule has 0 aliphatic carbocycles. The van der Waals surface area contributed by atoms with E-state index in [9.17, 15) is 10.2 Å². The van der Waals surface area contributed by atoms with Gasteiger partial charge < -0.3 is 10.2 Å². The average Bonchev–Trinajstić information content (AvgIpc) is 2.30. The molecule has 1 aliphatic rings. The van der Waals surface area contributed by atoms with Gasteiger partial charge in [-0.1, -0.05) is 12.1 Å². The Balaban J connectivity index is 1.93. The lowest BCUT2D eigenvalue weighted by Crippen LogP contribution is -2.30. The van der Waals surface area contributed by atoms with Crippen molar-refractivity contribution in [1.29, 1.82) is 0 Å². The predicted octanol–water partition coefficient (Wildman–Crippen LogP) is 2.14. The molecule has 2 nitrogen and oxygen atoms in total. The van der Waals surface area contributed by atoms with Crippen LogP contribution in [0.1, 0.15) is 5.56 Å². The van der Waals surface area contributed by atoms with Crippen LogP contribution in [0.5, 0.6) is 5.75 Å². The summed E-state index contributed by atoms with van der Waals surface area (Å²) >= 11 is 3.78. The zero-order valence-electron chi connectivity index (χ0n) is 9.00. The molecule has 2 rings (SSSR count). The molecule has 4 heteroatoms. The van der Waals surface area contributed by atoms with Gasteiger partial charge in [0, 0.05) is 22.5 Å². The summed E-state index contributed by atoms with van der Waals surface area (Å²) in [5.74, 6) is 3.63. The van der Waals surface area contributed by atoms with Crippen LogP contribution in [-0.4, -0.2) is 38.8 Å². The predicted molar refractivity (Wildman–Crippen MR) is 71.4 cm³/mol. The van der Waals surface area contributed by atoms with Gasteiger partial charge in [0.25, 0.3) is 0 Å². The molecular weight excluding hydrogens is 240 g/mol. The maximum atomic E-state index is 10.1. The van der Waals surface area contributed by atoms with Crippen molar-refractivity contribution in [2.45, 2.75) is 17.8 Å². The Labute approximate surface area is 104 Å². The summed E-state index contributed by atoms with van der Waals surface area (Å²) in [6.45, 7) is 0. The van der Waals surface area contributed by atoms with Crippen molar-refractivity contribution in [1.82, 2.24) is 0 Å². The summed E-state index contributed by atoms with van der Waals surface area (Å²) in [7, 11) is 0. The summed E-state index contributed by atoms with van der Waals surface area (Å²) < 4.78 is 0. The molecule has 16 heavy (non-hydrogen) atoms. The topological polar surface area (TPSA) is 40.5 Å². The van der Waals surface area contributed by atoms with Gasteiger partial charge in [-0.05, 0) is 24.1 Å². The number of hydrogen-bond acceptors (Lipinski definition) is 4. The minimum atomic E-state index is -0.306. The molecular formula is C12H16O2S2. The smallest absolute Gasteiger partial charge is 0.115 e. The quantitative estimate of drug-likeness (QED) is 0.869. The maximum Gasteiger partial charge on any atom is 0.115 e. The van der Waals surface area contributed by atoms with Crippen LogP contribution >= 0.6 is 23.5 Å². The van der Waals surface area contributed by atoms with Crippen molar-refractivity contribution in [2.75, 3.05) is 17.3 Å². The molecule has 0 radical (unpaired) electrons. The molecule has 2 atom stereocenters. The van der Waals surface area contributed by atoms with Crippen LogP contribution in [0.15, 0.2) is 24.3 Å². The second-order valence-electron chi connectivity index (χ2n) is 3.93. The molecule has 0 spiro atoms. The zero-order valence-corrected chi connectivity index (χ0v) is 10.6. The number of benzene rings is 1. The average molecular weight is 256 g/mol. The number of rotatable bonds is 3. The lowest BCUT2D eigenvalue weighted by atomic mass is 10.1. The van der Waals surface area contributed by atoms with Crippen molar-refractivity contribution in [2.24, 2.45) is 0 Å². The number of thioether (sulfide) groups is 2. The van der Waals surface area contributed by atoms with Crippen LogP contribution in [0, 0.1) is 0 Å². The largest absolute Gasteiger partial charge is 0.508 e. The van der Waals surface area contributed by atoms with Crippen LogP contribution in [0.4, 0.5) is 0 Å². The van der Waals surface area contributed by atoms with E-state index in [0.29, 0.717) is 11.7 Å². The number of aliphatic hydroxyl groups excluding tert-OH is 1. The van der Waals surface area contributed by atoms with Crippen molar-refractivity contribution in [3.8, 4) is 5.75 Å². The maximum absolute atomic E-state index is 10.1. The molecule has 1 fully saturated rings. The molecule has 1 heterocycles. The summed E-state index contributed by atoms with van der Waals surface area (Å²) in [4.78, 5) is 0. The van der Waals surface area contributed by atoms with Crippen molar-refractivity contribution in [3.63, 3.8) is 0 Å². The number of aromatic hydroxyl groups is 1. The number of phenolic OH excluding ortho intramolecular Hbond substituents is 1. The molecule has 1 aromatic rings. The van der Waals surface area contributed by atoms with Gasteiger partial charge in [-0.2, -0.15) is 23.5 Å². The first-order chi connectivity index (χ1) is 7.75. The molecule has 1 aromatic carbocycles. The van der Waals surface area contributed by atoms with E-state index in [4.69, 9.17) is 0 Å². The van der Waals surface area contributed by atoms with Gasteiger partial charge in [0.05, 0.1) is 6.10 Å². The Bertz CT molecular complexity index is 338. The third kappa shape index (κ3) is 3.34. The van der Waals surface area contributed by atoms with Gasteiger partial charge in [-0.15, -0.1) is 0 Å². The Morgan fingerprint density at radius 3 is 2.94 bits per heavy atom. The van der Waals surface area contributed by atoms with E-state index in [1.54, 1.807) is 12.1 Å². The van der Waals surface area contributed by atoms with Gasteiger partial charge in [0.1, 0.15) is 5.75 Å². The summed E-state index contributed by atoms with van der Waals surface area (Å²) in [6.07, 6.45) is 0.326. The number of hydrogen-bond donors (Lipinski definition) is 2. The Kier molecular flexibility index (Phi) is 4.44. The molecule has 0 aromatic heterocycles. The van der Waals surface area contributed by atoms with Crippen LogP contribution in [0.2, 0.25) is 0 Å². The van der Waals surface area contributed by atoms with E-state index < -0.39 is 0 Å². The second-order valence-corrected chi connectivity index (χ2v) is 6.42. The SMILES string of the molecule is Oc1cccc(CC(O)C2CSCCS2)c1. The third-order valence-corrected chi connectivity index (χ3v) is 5.53. The molecule has 0 amide bonds. The number of phenols is 1. The highest BCUT2D eigenvalue weighted by molar-refractivity contribution is 8.06. The van der Waals surface area contributed by atoms with Crippen LogP contribution in [0.3, 0.4) is 0 Å². The molecule has 1 aliphatic heterocycles. The van der Waals surface area contributed by atoms with Crippen LogP contribution in [-0.2, 0) is 6.42 Å². The highest BCUT2D eigenvalue weighted by atomic mass is 32.2. The zero-order chi connectivity index (χ0) is 11.4. The minimum Gasteiger partial charge on any atom is -0.508 e. The third-order valence-electron chi connectivity index (χ3n) is 2.63. The summed E-state index contributed by atoms with van der Waals surface area (Å²) in [5.41, 5.74) is 1.00. The first-order valence-electron chi connectivity index (χ1n) is 5.41. The first kappa shape index (κ1) is 12.1. The van der Waals surface area contributed by atoms with Gasteiger partial charge in [-0.25, -0.2) is 0 Å². The van der Waals surface area contributed by atoms with Crippen LogP contribution < -0.4 is 0 Å². The van der Waals surface area contributed by atoms with E-state index in [-0.39, 0.29) is 11.9 Å². The minimum absolute atomic E-state index is 0.273. The molecule has 1 saturated heterocycles. The highest BCUT2D eigenvalue weighted by Crippen LogP contribution is 2.28. The van der Waals surface area contributed by atoms with E-state index in [1.165, 1.54) is 5.75 Å². The lowest BCUT2D eigenvalue weighted by molar-refractivity contribution is 0.177. The van der Waals surface area contributed by atoms with Gasteiger partial charge in [0.15, 0.2) is 0 Å².